The first-order valence-electron chi connectivity index (χ1n) is 13.4. The van der Waals surface area contributed by atoms with Gasteiger partial charge in [-0.1, -0.05) is 125 Å². The van der Waals surface area contributed by atoms with E-state index in [1.54, 1.807) is 5.57 Å². The number of hydrogen-bond donors (Lipinski definition) is 0. The Balaban J connectivity index is 1.46. The van der Waals surface area contributed by atoms with Gasteiger partial charge in [0.2, 0.25) is 0 Å². The van der Waals surface area contributed by atoms with Crippen molar-refractivity contribution in [2.45, 2.75) is 52.9 Å². The smallest absolute Gasteiger partial charge is 0.0152 e. The zero-order valence-electron chi connectivity index (χ0n) is 22.0. The van der Waals surface area contributed by atoms with Gasteiger partial charge in [0.25, 0.3) is 0 Å². The van der Waals surface area contributed by atoms with Gasteiger partial charge in [-0.25, -0.2) is 0 Å². The number of hydrogen-bond acceptors (Lipinski definition) is 0. The van der Waals surface area contributed by atoms with Crippen molar-refractivity contribution in [2.75, 3.05) is 0 Å². The van der Waals surface area contributed by atoms with Gasteiger partial charge in [-0.15, -0.1) is 0 Å². The molecule has 6 rings (SSSR count). The molecule has 2 aliphatic carbocycles. The Bertz CT molecular complexity index is 1300. The highest BCUT2D eigenvalue weighted by Crippen LogP contribution is 2.72. The third kappa shape index (κ3) is 4.24. The average molecular weight is 469 g/mol. The zero-order valence-corrected chi connectivity index (χ0v) is 22.0. The van der Waals surface area contributed by atoms with Crippen molar-refractivity contribution in [3.63, 3.8) is 0 Å². The monoisotopic (exact) mass is 468 g/mol. The van der Waals surface area contributed by atoms with E-state index in [1.165, 1.54) is 69.3 Å². The van der Waals surface area contributed by atoms with Crippen molar-refractivity contribution < 1.29 is 0 Å². The van der Waals surface area contributed by atoms with Gasteiger partial charge in [-0.05, 0) is 86.1 Å². The lowest BCUT2D eigenvalue weighted by Gasteiger charge is -2.29. The van der Waals surface area contributed by atoms with E-state index < -0.39 is 0 Å². The lowest BCUT2D eigenvalue weighted by Crippen LogP contribution is -2.18. The van der Waals surface area contributed by atoms with Crippen molar-refractivity contribution in [3.8, 4) is 0 Å². The quantitative estimate of drug-likeness (QED) is 0.264. The first-order valence-corrected chi connectivity index (χ1v) is 13.4. The molecule has 4 aromatic rings. The molecule has 0 aromatic heterocycles. The van der Waals surface area contributed by atoms with Gasteiger partial charge in [0.1, 0.15) is 0 Å². The van der Waals surface area contributed by atoms with E-state index in [0.717, 1.165) is 0 Å². The summed E-state index contributed by atoms with van der Waals surface area (Å²) in [5, 5.41) is 0. The number of allylic oxidation sites excluding steroid dienone is 1. The minimum absolute atomic E-state index is 0.320. The summed E-state index contributed by atoms with van der Waals surface area (Å²) in [5.74, 6) is 1.08. The Morgan fingerprint density at radius 3 is 1.28 bits per heavy atom. The van der Waals surface area contributed by atoms with Crippen LogP contribution in [0.15, 0.2) is 103 Å². The molecule has 1 atom stereocenters. The van der Waals surface area contributed by atoms with Gasteiger partial charge in [-0.3, -0.25) is 0 Å². The number of rotatable bonds is 6. The second kappa shape index (κ2) is 8.93. The summed E-state index contributed by atoms with van der Waals surface area (Å²) >= 11 is 0. The highest BCUT2D eigenvalue weighted by atomic mass is 14.6. The van der Waals surface area contributed by atoms with Crippen LogP contribution >= 0.6 is 0 Å². The molecule has 0 heterocycles. The van der Waals surface area contributed by atoms with Crippen LogP contribution in [0.5, 0.6) is 0 Å². The maximum absolute atomic E-state index is 2.38. The molecule has 0 bridgehead atoms. The molecule has 0 spiro atoms. The lowest BCUT2D eigenvalue weighted by atomic mass is 9.74. The highest BCUT2D eigenvalue weighted by molar-refractivity contribution is 5.85. The fourth-order valence-corrected chi connectivity index (χ4v) is 6.32. The van der Waals surface area contributed by atoms with E-state index in [4.69, 9.17) is 0 Å². The topological polar surface area (TPSA) is 0 Å². The summed E-state index contributed by atoms with van der Waals surface area (Å²) in [6.07, 6.45) is 3.83. The predicted molar refractivity (Wildman–Crippen MR) is 152 cm³/mol. The molecule has 0 amide bonds. The van der Waals surface area contributed by atoms with Crippen molar-refractivity contribution in [2.24, 2.45) is 11.3 Å². The fraction of sp³-hybridized carbons (Fsp3) is 0.278. The van der Waals surface area contributed by atoms with Crippen LogP contribution in [0.3, 0.4) is 0 Å². The van der Waals surface area contributed by atoms with Gasteiger partial charge in [0, 0.05) is 5.92 Å². The molecule has 180 valence electrons. The third-order valence-electron chi connectivity index (χ3n) is 8.60. The number of benzene rings is 4. The van der Waals surface area contributed by atoms with Crippen LogP contribution in [0.2, 0.25) is 0 Å². The van der Waals surface area contributed by atoms with E-state index in [1.807, 2.05) is 0 Å². The fourth-order valence-electron chi connectivity index (χ4n) is 6.32. The number of aryl methyl sites for hydroxylation is 4. The van der Waals surface area contributed by atoms with Gasteiger partial charge in [0.15, 0.2) is 0 Å². The first-order chi connectivity index (χ1) is 17.4. The largest absolute Gasteiger partial charge is 0.0590 e. The Hall–Kier alpha value is -3.38. The molecule has 0 heteroatoms. The first kappa shape index (κ1) is 23.0. The summed E-state index contributed by atoms with van der Waals surface area (Å²) in [6.45, 7) is 8.73. The maximum atomic E-state index is 2.38. The molecule has 0 nitrogen and oxygen atoms in total. The van der Waals surface area contributed by atoms with Crippen LogP contribution in [0.25, 0.3) is 5.57 Å². The van der Waals surface area contributed by atoms with Crippen LogP contribution in [-0.4, -0.2) is 0 Å². The maximum Gasteiger partial charge on any atom is 0.0152 e. The Kier molecular flexibility index (Phi) is 5.72. The normalized spacial score (nSPS) is 17.8. The standard InChI is InChI=1S/C36H36/c1-24-5-13-28(14-6-24)34(29-15-7-25(2)8-16-29)32-23-33(32)36(21-22-36)35(30-17-9-26(3)10-18-30)31-19-11-27(4)12-20-31/h5-20,33,35H,21-23H2,1-4H3. The van der Waals surface area contributed by atoms with Crippen LogP contribution in [-0.2, 0) is 0 Å². The van der Waals surface area contributed by atoms with Crippen LogP contribution in [0, 0.1) is 39.0 Å². The zero-order chi connectivity index (χ0) is 24.9. The van der Waals surface area contributed by atoms with Crippen LogP contribution in [0.4, 0.5) is 0 Å². The summed E-state index contributed by atoms with van der Waals surface area (Å²) < 4.78 is 0. The molecule has 0 aliphatic heterocycles. The van der Waals surface area contributed by atoms with Crippen LogP contribution < -0.4 is 0 Å². The second-order valence-corrected chi connectivity index (χ2v) is 11.4. The van der Waals surface area contributed by atoms with E-state index in [0.29, 0.717) is 17.3 Å². The molecule has 1 unspecified atom stereocenters. The molecule has 0 radical (unpaired) electrons. The molecular formula is C36H36. The molecule has 2 fully saturated rings. The second-order valence-electron chi connectivity index (χ2n) is 11.4. The van der Waals surface area contributed by atoms with Crippen molar-refractivity contribution in [1.29, 1.82) is 0 Å². The molecule has 2 saturated carbocycles. The molecule has 4 aromatic carbocycles. The summed E-state index contributed by atoms with van der Waals surface area (Å²) in [7, 11) is 0. The van der Waals surface area contributed by atoms with Gasteiger partial charge in [-0.2, -0.15) is 0 Å². The van der Waals surface area contributed by atoms with E-state index >= 15 is 0 Å². The Morgan fingerprint density at radius 2 is 0.917 bits per heavy atom. The summed E-state index contributed by atoms with van der Waals surface area (Å²) in [4.78, 5) is 0. The minimum atomic E-state index is 0.320. The summed E-state index contributed by atoms with van der Waals surface area (Å²) in [6, 6.07) is 37.0. The van der Waals surface area contributed by atoms with Gasteiger partial charge < -0.3 is 0 Å². The minimum Gasteiger partial charge on any atom is -0.0590 e. The van der Waals surface area contributed by atoms with Crippen molar-refractivity contribution in [1.82, 2.24) is 0 Å². The Labute approximate surface area is 216 Å². The summed E-state index contributed by atoms with van der Waals surface area (Å²) in [5.41, 5.74) is 14.4. The van der Waals surface area contributed by atoms with E-state index in [-0.39, 0.29) is 0 Å². The van der Waals surface area contributed by atoms with E-state index in [9.17, 15) is 0 Å². The average Bonchev–Trinajstić information content (AvgIpc) is 3.80. The molecule has 0 saturated heterocycles. The molecule has 2 aliphatic rings. The lowest BCUT2D eigenvalue weighted by molar-refractivity contribution is 0.398. The van der Waals surface area contributed by atoms with Crippen molar-refractivity contribution in [3.05, 3.63) is 147 Å². The van der Waals surface area contributed by atoms with Gasteiger partial charge in [0.05, 0.1) is 0 Å². The van der Waals surface area contributed by atoms with Crippen LogP contribution in [0.1, 0.15) is 69.7 Å². The van der Waals surface area contributed by atoms with Crippen molar-refractivity contribution >= 4 is 5.57 Å². The Morgan fingerprint density at radius 1 is 0.556 bits per heavy atom. The van der Waals surface area contributed by atoms with E-state index in [2.05, 4.69) is 125 Å². The van der Waals surface area contributed by atoms with Gasteiger partial charge >= 0.3 is 0 Å². The SMILES string of the molecule is Cc1ccc(C(=C2CC2C2(C(c3ccc(C)cc3)c3ccc(C)cc3)CC2)c2ccc(C)cc2)cc1. The highest BCUT2D eigenvalue weighted by Gasteiger charge is 2.61. The predicted octanol–water partition coefficient (Wildman–Crippen LogP) is 9.35. The molecular weight excluding hydrogens is 432 g/mol. The third-order valence-corrected chi connectivity index (χ3v) is 8.60. The molecule has 36 heavy (non-hydrogen) atoms. The molecule has 0 N–H and O–H groups in total.